The highest BCUT2D eigenvalue weighted by Crippen LogP contribution is 2.11. The molecule has 0 saturated carbocycles. The molecule has 1 atom stereocenters. The van der Waals surface area contributed by atoms with Crippen LogP contribution in [0.15, 0.2) is 6.20 Å². The van der Waals surface area contributed by atoms with Gasteiger partial charge in [-0.1, -0.05) is 0 Å². The molecule has 21 heavy (non-hydrogen) atoms. The van der Waals surface area contributed by atoms with Gasteiger partial charge in [-0.3, -0.25) is 9.48 Å². The van der Waals surface area contributed by atoms with E-state index in [1.807, 2.05) is 0 Å². The van der Waals surface area contributed by atoms with Crippen molar-refractivity contribution in [1.29, 1.82) is 0 Å². The summed E-state index contributed by atoms with van der Waals surface area (Å²) in [5.41, 5.74) is 1.08. The number of aromatic nitrogens is 2. The maximum atomic E-state index is 11.8. The Morgan fingerprint density at radius 1 is 1.48 bits per heavy atom. The second-order valence-electron chi connectivity index (χ2n) is 4.41. The SMILES string of the molecule is COC(=O)CC[C@H](NC(=O)Nc1cn(C)nc1C)C(=O)O. The minimum Gasteiger partial charge on any atom is -0.480 e. The molecule has 0 radical (unpaired) electrons. The van der Waals surface area contributed by atoms with Crippen LogP contribution in [0.1, 0.15) is 18.5 Å². The number of aryl methyl sites for hydroxylation is 2. The summed E-state index contributed by atoms with van der Waals surface area (Å²) >= 11 is 0. The number of carboxylic acids is 1. The highest BCUT2D eigenvalue weighted by atomic mass is 16.5. The number of nitrogens with one attached hydrogen (secondary N) is 2. The third-order valence-electron chi connectivity index (χ3n) is 2.73. The number of amides is 2. The number of rotatable bonds is 6. The molecule has 0 aliphatic heterocycles. The van der Waals surface area contributed by atoms with E-state index in [9.17, 15) is 14.4 Å². The topological polar surface area (TPSA) is 123 Å². The number of hydrogen-bond donors (Lipinski definition) is 3. The van der Waals surface area contributed by atoms with E-state index in [4.69, 9.17) is 5.11 Å². The summed E-state index contributed by atoms with van der Waals surface area (Å²) in [5, 5.41) is 17.9. The Balaban J connectivity index is 2.58. The summed E-state index contributed by atoms with van der Waals surface area (Å²) in [7, 11) is 2.91. The molecular formula is C12H18N4O5. The fourth-order valence-electron chi connectivity index (χ4n) is 1.66. The number of carbonyl (C=O) groups is 3. The first-order valence-corrected chi connectivity index (χ1v) is 6.21. The number of ether oxygens (including phenoxy) is 1. The first-order valence-electron chi connectivity index (χ1n) is 6.21. The van der Waals surface area contributed by atoms with Gasteiger partial charge in [-0.25, -0.2) is 9.59 Å². The van der Waals surface area contributed by atoms with Gasteiger partial charge in [0.1, 0.15) is 6.04 Å². The van der Waals surface area contributed by atoms with Crippen LogP contribution < -0.4 is 10.6 Å². The van der Waals surface area contributed by atoms with Crippen molar-refractivity contribution in [2.75, 3.05) is 12.4 Å². The Labute approximate surface area is 121 Å². The number of urea groups is 1. The van der Waals surface area contributed by atoms with Crippen LogP contribution in [0.4, 0.5) is 10.5 Å². The third kappa shape index (κ3) is 5.13. The van der Waals surface area contributed by atoms with Crippen molar-refractivity contribution < 1.29 is 24.2 Å². The van der Waals surface area contributed by atoms with E-state index in [0.717, 1.165) is 0 Å². The van der Waals surface area contributed by atoms with Crippen LogP contribution in [0.2, 0.25) is 0 Å². The summed E-state index contributed by atoms with van der Waals surface area (Å²) < 4.78 is 5.95. The lowest BCUT2D eigenvalue weighted by atomic mass is 10.1. The summed E-state index contributed by atoms with van der Waals surface area (Å²) in [5.74, 6) is -1.76. The van der Waals surface area contributed by atoms with Crippen LogP contribution >= 0.6 is 0 Å². The third-order valence-corrected chi connectivity index (χ3v) is 2.73. The number of methoxy groups -OCH3 is 1. The number of carboxylic acid groups (broad SMARTS) is 1. The molecule has 9 heteroatoms. The average Bonchev–Trinajstić information content (AvgIpc) is 2.71. The molecule has 0 aliphatic carbocycles. The Hall–Kier alpha value is -2.58. The van der Waals surface area contributed by atoms with E-state index in [1.54, 1.807) is 20.2 Å². The molecule has 0 fully saturated rings. The Bertz CT molecular complexity index is 540. The van der Waals surface area contributed by atoms with Crippen molar-refractivity contribution in [3.05, 3.63) is 11.9 Å². The maximum absolute atomic E-state index is 11.8. The fourth-order valence-corrected chi connectivity index (χ4v) is 1.66. The largest absolute Gasteiger partial charge is 0.480 e. The summed E-state index contributed by atoms with van der Waals surface area (Å²) in [6.45, 7) is 1.71. The predicted molar refractivity (Wildman–Crippen MR) is 72.8 cm³/mol. The highest BCUT2D eigenvalue weighted by molar-refractivity contribution is 5.92. The normalized spacial score (nSPS) is 11.6. The standard InChI is InChI=1S/C12H18N4O5/c1-7-9(6-16(2)15-7)14-12(20)13-8(11(18)19)4-5-10(17)21-3/h6,8H,4-5H2,1-3H3,(H,18,19)(H2,13,14,20)/t8-/m0/s1. The first kappa shape index (κ1) is 16.5. The van der Waals surface area contributed by atoms with Crippen molar-refractivity contribution >= 4 is 23.7 Å². The van der Waals surface area contributed by atoms with E-state index in [1.165, 1.54) is 11.8 Å². The fraction of sp³-hybridized carbons (Fsp3) is 0.500. The molecule has 0 aromatic carbocycles. The van der Waals surface area contributed by atoms with Gasteiger partial charge in [-0.2, -0.15) is 5.10 Å². The van der Waals surface area contributed by atoms with E-state index >= 15 is 0 Å². The number of aliphatic carboxylic acids is 1. The van der Waals surface area contributed by atoms with Gasteiger partial charge in [0.25, 0.3) is 0 Å². The molecule has 0 bridgehead atoms. The molecule has 0 spiro atoms. The maximum Gasteiger partial charge on any atom is 0.326 e. The highest BCUT2D eigenvalue weighted by Gasteiger charge is 2.21. The second-order valence-corrected chi connectivity index (χ2v) is 4.41. The van der Waals surface area contributed by atoms with E-state index in [2.05, 4.69) is 20.5 Å². The van der Waals surface area contributed by atoms with E-state index in [0.29, 0.717) is 11.4 Å². The van der Waals surface area contributed by atoms with Gasteiger partial charge in [-0.15, -0.1) is 0 Å². The smallest absolute Gasteiger partial charge is 0.326 e. The first-order chi connectivity index (χ1) is 9.83. The second kappa shape index (κ2) is 7.27. The summed E-state index contributed by atoms with van der Waals surface area (Å²) in [6, 6.07) is -1.86. The van der Waals surface area contributed by atoms with Crippen LogP contribution in [0, 0.1) is 6.92 Å². The van der Waals surface area contributed by atoms with E-state index < -0.39 is 24.0 Å². The van der Waals surface area contributed by atoms with Gasteiger partial charge in [0.15, 0.2) is 0 Å². The lowest BCUT2D eigenvalue weighted by Gasteiger charge is -2.14. The molecule has 1 heterocycles. The molecule has 2 amide bonds. The lowest BCUT2D eigenvalue weighted by molar-refractivity contribution is -0.142. The van der Waals surface area contributed by atoms with Gasteiger partial charge in [0.2, 0.25) is 0 Å². The van der Waals surface area contributed by atoms with Gasteiger partial charge in [0, 0.05) is 19.7 Å². The van der Waals surface area contributed by atoms with Crippen LogP contribution in [0.5, 0.6) is 0 Å². The molecule has 0 saturated heterocycles. The van der Waals surface area contributed by atoms with Gasteiger partial charge >= 0.3 is 18.0 Å². The van der Waals surface area contributed by atoms with Gasteiger partial charge in [-0.05, 0) is 13.3 Å². The molecule has 9 nitrogen and oxygen atoms in total. The van der Waals surface area contributed by atoms with Crippen molar-refractivity contribution in [3.63, 3.8) is 0 Å². The van der Waals surface area contributed by atoms with Crippen molar-refractivity contribution in [1.82, 2.24) is 15.1 Å². The van der Waals surface area contributed by atoms with Crippen LogP contribution in [0.3, 0.4) is 0 Å². The van der Waals surface area contributed by atoms with Crippen molar-refractivity contribution in [2.45, 2.75) is 25.8 Å². The zero-order valence-corrected chi connectivity index (χ0v) is 12.0. The molecule has 0 unspecified atom stereocenters. The molecule has 0 aliphatic rings. The summed E-state index contributed by atoms with van der Waals surface area (Å²) in [6.07, 6.45) is 1.44. The Kier molecular flexibility index (Phi) is 5.70. The van der Waals surface area contributed by atoms with Crippen LogP contribution in [-0.2, 0) is 21.4 Å². The average molecular weight is 298 g/mol. The molecule has 1 aromatic heterocycles. The number of esters is 1. The molecule has 1 aromatic rings. The van der Waals surface area contributed by atoms with Crippen molar-refractivity contribution in [3.8, 4) is 0 Å². The minimum atomic E-state index is -1.23. The lowest BCUT2D eigenvalue weighted by Crippen LogP contribution is -2.43. The number of hydrogen-bond acceptors (Lipinski definition) is 5. The predicted octanol–water partition coefficient (Wildman–Crippen LogP) is 0.256. The van der Waals surface area contributed by atoms with Crippen molar-refractivity contribution in [2.24, 2.45) is 7.05 Å². The molecule has 1 rings (SSSR count). The zero-order valence-electron chi connectivity index (χ0n) is 12.0. The van der Waals surface area contributed by atoms with Crippen LogP contribution in [0.25, 0.3) is 0 Å². The Morgan fingerprint density at radius 3 is 2.62 bits per heavy atom. The van der Waals surface area contributed by atoms with Gasteiger partial charge < -0.3 is 20.5 Å². The minimum absolute atomic E-state index is 0.0541. The number of anilines is 1. The van der Waals surface area contributed by atoms with Crippen LogP contribution in [-0.4, -0.2) is 46.0 Å². The molecule has 3 N–H and O–H groups in total. The number of nitrogens with zero attached hydrogens (tertiary/aromatic N) is 2. The molecular weight excluding hydrogens is 280 g/mol. The monoisotopic (exact) mass is 298 g/mol. The quantitative estimate of drug-likeness (QED) is 0.647. The molecule has 116 valence electrons. The Morgan fingerprint density at radius 2 is 2.14 bits per heavy atom. The summed E-state index contributed by atoms with van der Waals surface area (Å²) in [4.78, 5) is 33.8. The van der Waals surface area contributed by atoms with E-state index in [-0.39, 0.29) is 12.8 Å². The number of carbonyl (C=O) groups excluding carboxylic acids is 2. The zero-order chi connectivity index (χ0) is 16.0. The van der Waals surface area contributed by atoms with Gasteiger partial charge in [0.05, 0.1) is 18.5 Å².